The van der Waals surface area contributed by atoms with Gasteiger partial charge >= 0.3 is 0 Å². The maximum Gasteiger partial charge on any atom is 0.290 e. The summed E-state index contributed by atoms with van der Waals surface area (Å²) in [6, 6.07) is 11.7. The molecule has 4 amide bonds. The van der Waals surface area contributed by atoms with E-state index in [-0.39, 0.29) is 22.3 Å². The van der Waals surface area contributed by atoms with Gasteiger partial charge < -0.3 is 9.47 Å². The molecule has 50 heavy (non-hydrogen) atoms. The van der Waals surface area contributed by atoms with Gasteiger partial charge in [0.05, 0.1) is 23.0 Å². The third kappa shape index (κ3) is 10.8. The van der Waals surface area contributed by atoms with Crippen LogP contribution in [-0.4, -0.2) is 35.5 Å². The predicted octanol–water partition coefficient (Wildman–Crippen LogP) is 9.83. The summed E-state index contributed by atoms with van der Waals surface area (Å²) in [7, 11) is 0. The Kier molecular flexibility index (Phi) is 13.7. The van der Waals surface area contributed by atoms with Gasteiger partial charge in [0.2, 0.25) is 0 Å². The average Bonchev–Trinajstić information content (AvgIpc) is 3.60. The van der Waals surface area contributed by atoms with Crippen LogP contribution in [0.4, 0.5) is 9.59 Å². The van der Waals surface area contributed by atoms with Crippen LogP contribution in [0.2, 0.25) is 0 Å². The van der Waals surface area contributed by atoms with E-state index >= 15 is 0 Å². The van der Waals surface area contributed by atoms with Crippen molar-refractivity contribution < 1.29 is 28.7 Å². The van der Waals surface area contributed by atoms with Crippen LogP contribution >= 0.6 is 23.5 Å². The number of hydrogen-bond donors (Lipinski definition) is 2. The van der Waals surface area contributed by atoms with Gasteiger partial charge in [0, 0.05) is 0 Å². The number of carbonyl (C=O) groups is 4. The summed E-state index contributed by atoms with van der Waals surface area (Å²) >= 11 is 1.88. The van der Waals surface area contributed by atoms with Gasteiger partial charge in [-0.3, -0.25) is 29.8 Å². The van der Waals surface area contributed by atoms with Crippen LogP contribution in [0.5, 0.6) is 11.5 Å². The Hall–Kier alpha value is -3.50. The lowest BCUT2D eigenvalue weighted by molar-refractivity contribution is -0.116. The molecular formula is C40H50N2O6S2. The maximum absolute atomic E-state index is 11.6. The van der Waals surface area contributed by atoms with E-state index in [2.05, 4.69) is 24.5 Å². The van der Waals surface area contributed by atoms with E-state index in [9.17, 15) is 19.2 Å². The molecule has 6 rings (SSSR count). The van der Waals surface area contributed by atoms with Crippen LogP contribution < -0.4 is 20.1 Å². The van der Waals surface area contributed by atoms with Crippen LogP contribution in [0.3, 0.4) is 0 Å². The third-order valence-corrected chi connectivity index (χ3v) is 11.8. The highest BCUT2D eigenvalue weighted by molar-refractivity contribution is 8.18. The first kappa shape index (κ1) is 37.7. The Bertz CT molecular complexity index is 1500. The molecule has 10 heteroatoms. The first-order chi connectivity index (χ1) is 24.0. The molecule has 2 unspecified atom stereocenters. The molecule has 0 spiro atoms. The van der Waals surface area contributed by atoms with Gasteiger partial charge in [-0.05, 0) is 120 Å². The van der Waals surface area contributed by atoms with Gasteiger partial charge in [-0.2, -0.15) is 0 Å². The van der Waals surface area contributed by atoms with E-state index < -0.39 is 0 Å². The summed E-state index contributed by atoms with van der Waals surface area (Å²) in [5.41, 5.74) is 3.88. The van der Waals surface area contributed by atoms with E-state index in [1.807, 2.05) is 50.2 Å². The van der Waals surface area contributed by atoms with Gasteiger partial charge in [-0.15, -0.1) is 0 Å². The van der Waals surface area contributed by atoms with Crippen molar-refractivity contribution in [3.05, 3.63) is 68.5 Å². The molecule has 2 aromatic rings. The molecule has 0 aromatic heterocycles. The second kappa shape index (κ2) is 18.1. The lowest BCUT2D eigenvalue weighted by Gasteiger charge is -2.27. The second-order valence-corrected chi connectivity index (χ2v) is 16.2. The smallest absolute Gasteiger partial charge is 0.290 e. The Balaban J connectivity index is 0.000000194. The van der Waals surface area contributed by atoms with Crippen molar-refractivity contribution in [3.63, 3.8) is 0 Å². The van der Waals surface area contributed by atoms with Gasteiger partial charge in [0.1, 0.15) is 11.5 Å². The number of carbonyl (C=O) groups excluding carboxylic acids is 4. The number of rotatable bonds is 10. The maximum atomic E-state index is 11.6. The minimum atomic E-state index is -0.325. The highest BCUT2D eigenvalue weighted by atomic mass is 32.2. The summed E-state index contributed by atoms with van der Waals surface area (Å²) in [4.78, 5) is 46.6. The lowest BCUT2D eigenvalue weighted by Crippen LogP contribution is -2.21. The number of nitrogens with one attached hydrogen (secondary N) is 2. The number of aryl methyl sites for hydroxylation is 2. The largest absolute Gasteiger partial charge is 0.493 e. The van der Waals surface area contributed by atoms with Gasteiger partial charge in [0.25, 0.3) is 22.3 Å². The first-order valence-electron chi connectivity index (χ1n) is 18.0. The molecule has 0 bridgehead atoms. The van der Waals surface area contributed by atoms with Crippen molar-refractivity contribution in [1.29, 1.82) is 0 Å². The predicted molar refractivity (Wildman–Crippen MR) is 203 cm³/mol. The van der Waals surface area contributed by atoms with Crippen molar-refractivity contribution >= 4 is 58.0 Å². The monoisotopic (exact) mass is 718 g/mol. The summed E-state index contributed by atoms with van der Waals surface area (Å²) in [5.74, 6) is 3.86. The molecule has 2 saturated heterocycles. The van der Waals surface area contributed by atoms with Crippen LogP contribution in [0, 0.1) is 37.5 Å². The molecule has 8 nitrogen and oxygen atoms in total. The SMILES string of the molecule is Cc1cc(C=C2SC(=O)NC2=O)ccc1OCC(C)C1CCCCC1.Cc1cc(C=C2SC(=O)NC2=O)ccc1OCC(C)C1CCCCC1. The molecular weight excluding hydrogens is 669 g/mol. The van der Waals surface area contributed by atoms with Crippen molar-refractivity contribution in [2.75, 3.05) is 13.2 Å². The Morgan fingerprint density at radius 2 is 1.02 bits per heavy atom. The van der Waals surface area contributed by atoms with E-state index in [0.717, 1.165) is 82.3 Å². The highest BCUT2D eigenvalue weighted by Crippen LogP contribution is 2.33. The topological polar surface area (TPSA) is 111 Å². The minimum absolute atomic E-state index is 0.315. The zero-order chi connectivity index (χ0) is 35.6. The Morgan fingerprint density at radius 1 is 0.640 bits per heavy atom. The van der Waals surface area contributed by atoms with E-state index in [0.29, 0.717) is 21.6 Å². The van der Waals surface area contributed by atoms with Crippen LogP contribution in [0.25, 0.3) is 12.2 Å². The number of imide groups is 2. The first-order valence-corrected chi connectivity index (χ1v) is 19.7. The van der Waals surface area contributed by atoms with Crippen LogP contribution in [0.15, 0.2) is 46.2 Å². The number of ether oxygens (including phenoxy) is 2. The Labute approximate surface area is 305 Å². The molecule has 4 aliphatic rings. The molecule has 2 heterocycles. The van der Waals surface area contributed by atoms with E-state index in [1.165, 1.54) is 64.2 Å². The molecule has 2 saturated carbocycles. The molecule has 2 aromatic carbocycles. The van der Waals surface area contributed by atoms with Crippen molar-refractivity contribution in [2.45, 2.75) is 91.9 Å². The molecule has 2 N–H and O–H groups in total. The summed E-state index contributed by atoms with van der Waals surface area (Å²) in [5, 5.41) is 3.91. The molecule has 0 radical (unpaired) electrons. The number of amides is 4. The molecule has 2 aliphatic carbocycles. The fourth-order valence-corrected chi connectivity index (χ4v) is 8.48. The average molecular weight is 719 g/mol. The fraction of sp³-hybridized carbons (Fsp3) is 0.500. The molecule has 2 aliphatic heterocycles. The van der Waals surface area contributed by atoms with Crippen LogP contribution in [-0.2, 0) is 9.59 Å². The van der Waals surface area contributed by atoms with Gasteiger partial charge in [-0.1, -0.05) is 90.2 Å². The molecule has 4 fully saturated rings. The minimum Gasteiger partial charge on any atom is -0.493 e. The molecule has 268 valence electrons. The van der Waals surface area contributed by atoms with Crippen molar-refractivity contribution in [1.82, 2.24) is 10.6 Å². The second-order valence-electron chi connectivity index (χ2n) is 14.1. The number of benzene rings is 2. The van der Waals surface area contributed by atoms with Crippen LogP contribution in [0.1, 0.15) is 100 Å². The van der Waals surface area contributed by atoms with Crippen molar-refractivity contribution in [3.8, 4) is 11.5 Å². The third-order valence-electron chi connectivity index (χ3n) is 10.2. The van der Waals surface area contributed by atoms with E-state index in [4.69, 9.17) is 9.47 Å². The molecule has 2 atom stereocenters. The summed E-state index contributed by atoms with van der Waals surface area (Å²) in [6.07, 6.45) is 17.0. The normalized spacial score (nSPS) is 21.4. The highest BCUT2D eigenvalue weighted by Gasteiger charge is 2.26. The lowest BCUT2D eigenvalue weighted by atomic mass is 9.81. The zero-order valence-corrected chi connectivity index (χ0v) is 31.3. The number of thioether (sulfide) groups is 2. The Morgan fingerprint density at radius 3 is 1.34 bits per heavy atom. The quantitative estimate of drug-likeness (QED) is 0.234. The summed E-state index contributed by atoms with van der Waals surface area (Å²) in [6.45, 7) is 10.1. The standard InChI is InChI=1S/2C20H25NO3S/c2*1-13-10-15(11-18-19(22)21-20(23)25-18)8-9-17(13)24-12-14(2)16-6-4-3-5-7-16/h2*8-11,14,16H,3-7,12H2,1-2H3,(H,21,22,23). The zero-order valence-electron chi connectivity index (χ0n) is 29.7. The van der Waals surface area contributed by atoms with E-state index in [1.54, 1.807) is 12.2 Å². The van der Waals surface area contributed by atoms with Gasteiger partial charge in [0.15, 0.2) is 0 Å². The van der Waals surface area contributed by atoms with Crippen molar-refractivity contribution in [2.24, 2.45) is 23.7 Å². The number of hydrogen-bond acceptors (Lipinski definition) is 8. The summed E-state index contributed by atoms with van der Waals surface area (Å²) < 4.78 is 12.1. The fourth-order valence-electron chi connectivity index (χ4n) is 7.11. The van der Waals surface area contributed by atoms with Gasteiger partial charge in [-0.25, -0.2) is 0 Å².